The number of hydrogen-bond donors (Lipinski definition) is 1. The van der Waals surface area contributed by atoms with E-state index < -0.39 is 4.92 Å². The molecule has 1 atom stereocenters. The van der Waals surface area contributed by atoms with E-state index in [9.17, 15) is 10.1 Å². The quantitative estimate of drug-likeness (QED) is 0.515. The fraction of sp³-hybridized carbons (Fsp3) is 0.357. The van der Waals surface area contributed by atoms with Gasteiger partial charge in [0.15, 0.2) is 4.34 Å². The molecule has 1 aliphatic heterocycles. The van der Waals surface area contributed by atoms with Crippen molar-refractivity contribution in [3.63, 3.8) is 0 Å². The highest BCUT2D eigenvalue weighted by Crippen LogP contribution is 2.37. The first-order valence-electron chi connectivity index (χ1n) is 7.69. The fourth-order valence-electron chi connectivity index (χ4n) is 2.61. The van der Waals surface area contributed by atoms with Gasteiger partial charge < -0.3 is 20.2 Å². The number of fused-ring (bicyclic) bond motifs is 1. The van der Waals surface area contributed by atoms with E-state index in [1.54, 1.807) is 24.4 Å². The van der Waals surface area contributed by atoms with Gasteiger partial charge in [0.25, 0.3) is 0 Å². The summed E-state index contributed by atoms with van der Waals surface area (Å²) in [5.74, 6) is -0.0651. The SMILES string of the molecule is O=[N+]([O-])c1c(Sc2nnc(NC[C@H]3CCCO3)s2)nc2ccccn12. The Morgan fingerprint density at radius 3 is 3.20 bits per heavy atom. The fourth-order valence-corrected chi connectivity index (χ4v) is 4.38. The van der Waals surface area contributed by atoms with Crippen LogP contribution in [0.15, 0.2) is 33.8 Å². The van der Waals surface area contributed by atoms with Gasteiger partial charge in [-0.05, 0) is 35.6 Å². The molecule has 0 aromatic carbocycles. The van der Waals surface area contributed by atoms with Gasteiger partial charge in [0.1, 0.15) is 0 Å². The van der Waals surface area contributed by atoms with Crippen LogP contribution < -0.4 is 5.32 Å². The number of ether oxygens (including phenoxy) is 1. The minimum atomic E-state index is -0.431. The molecule has 0 unspecified atom stereocenters. The molecule has 1 fully saturated rings. The van der Waals surface area contributed by atoms with Crippen molar-refractivity contribution >= 4 is 39.7 Å². The van der Waals surface area contributed by atoms with E-state index in [1.807, 2.05) is 0 Å². The number of nitrogens with one attached hydrogen (secondary N) is 1. The third-order valence-electron chi connectivity index (χ3n) is 3.74. The van der Waals surface area contributed by atoms with Gasteiger partial charge in [-0.1, -0.05) is 17.4 Å². The molecular formula is C14H14N6O3S2. The molecule has 9 nitrogen and oxygen atoms in total. The van der Waals surface area contributed by atoms with Crippen LogP contribution in [0.5, 0.6) is 0 Å². The van der Waals surface area contributed by atoms with Crippen LogP contribution in [0.1, 0.15) is 12.8 Å². The van der Waals surface area contributed by atoms with Crippen molar-refractivity contribution in [2.45, 2.75) is 28.3 Å². The molecule has 11 heteroatoms. The monoisotopic (exact) mass is 378 g/mol. The van der Waals surface area contributed by atoms with E-state index in [2.05, 4.69) is 20.5 Å². The summed E-state index contributed by atoms with van der Waals surface area (Å²) < 4.78 is 7.61. The lowest BCUT2D eigenvalue weighted by atomic mass is 10.2. The van der Waals surface area contributed by atoms with Gasteiger partial charge in [0.2, 0.25) is 15.8 Å². The van der Waals surface area contributed by atoms with E-state index >= 15 is 0 Å². The van der Waals surface area contributed by atoms with E-state index in [0.29, 0.717) is 26.7 Å². The molecule has 3 aromatic heterocycles. The van der Waals surface area contributed by atoms with E-state index in [4.69, 9.17) is 4.74 Å². The lowest BCUT2D eigenvalue weighted by molar-refractivity contribution is -0.393. The zero-order chi connectivity index (χ0) is 17.2. The highest BCUT2D eigenvalue weighted by atomic mass is 32.2. The Hall–Kier alpha value is -2.24. The Kier molecular flexibility index (Phi) is 4.51. The predicted molar refractivity (Wildman–Crippen MR) is 93.3 cm³/mol. The molecule has 4 rings (SSSR count). The topological polar surface area (TPSA) is 107 Å². The second-order valence-corrected chi connectivity index (χ2v) is 7.63. The first-order chi connectivity index (χ1) is 12.2. The van der Waals surface area contributed by atoms with Gasteiger partial charge in [-0.2, -0.15) is 9.38 Å². The lowest BCUT2D eigenvalue weighted by Gasteiger charge is -2.08. The van der Waals surface area contributed by atoms with E-state index in [1.165, 1.54) is 15.7 Å². The lowest BCUT2D eigenvalue weighted by Crippen LogP contribution is -2.18. The molecule has 25 heavy (non-hydrogen) atoms. The van der Waals surface area contributed by atoms with Crippen LogP contribution >= 0.6 is 23.1 Å². The van der Waals surface area contributed by atoms with E-state index in [-0.39, 0.29) is 11.9 Å². The number of imidazole rings is 1. The van der Waals surface area contributed by atoms with Gasteiger partial charge in [-0.3, -0.25) is 0 Å². The van der Waals surface area contributed by atoms with Crippen molar-refractivity contribution < 1.29 is 9.66 Å². The van der Waals surface area contributed by atoms with Crippen molar-refractivity contribution in [1.82, 2.24) is 19.6 Å². The van der Waals surface area contributed by atoms with E-state index in [0.717, 1.165) is 31.2 Å². The maximum Gasteiger partial charge on any atom is 0.362 e. The number of nitrogens with zero attached hydrogens (tertiary/aromatic N) is 5. The van der Waals surface area contributed by atoms with Crippen molar-refractivity contribution in [3.05, 3.63) is 34.5 Å². The molecule has 0 aliphatic carbocycles. The normalized spacial score (nSPS) is 17.2. The Balaban J connectivity index is 1.51. The van der Waals surface area contributed by atoms with Crippen molar-refractivity contribution in [2.75, 3.05) is 18.5 Å². The molecule has 130 valence electrons. The number of pyridine rings is 1. The molecule has 0 amide bonds. The summed E-state index contributed by atoms with van der Waals surface area (Å²) in [5, 5.41) is 23.8. The molecule has 0 bridgehead atoms. The molecule has 0 radical (unpaired) electrons. The molecule has 0 saturated carbocycles. The smallest absolute Gasteiger partial charge is 0.362 e. The standard InChI is InChI=1S/C14H14N6O3S2/c21-20(22)12-11(16-10-5-1-2-6-19(10)12)24-14-18-17-13(25-14)15-8-9-4-3-7-23-9/h1-2,5-6,9H,3-4,7-8H2,(H,15,17)/t9-/m1/s1. The summed E-state index contributed by atoms with van der Waals surface area (Å²) in [4.78, 5) is 15.3. The number of nitro groups is 1. The highest BCUT2D eigenvalue weighted by molar-refractivity contribution is 8.01. The second-order valence-electron chi connectivity index (χ2n) is 5.42. The van der Waals surface area contributed by atoms with Crippen LogP contribution in [0, 0.1) is 10.1 Å². The molecule has 1 saturated heterocycles. The Bertz CT molecular complexity index is 905. The Labute approximate surface area is 150 Å². The summed E-state index contributed by atoms with van der Waals surface area (Å²) in [5.41, 5.74) is 0.526. The second kappa shape index (κ2) is 6.94. The Morgan fingerprint density at radius 1 is 1.48 bits per heavy atom. The summed E-state index contributed by atoms with van der Waals surface area (Å²) in [6, 6.07) is 5.25. The number of aromatic nitrogens is 4. The summed E-state index contributed by atoms with van der Waals surface area (Å²) >= 11 is 2.49. The molecular weight excluding hydrogens is 364 g/mol. The zero-order valence-electron chi connectivity index (χ0n) is 13.0. The molecule has 1 aliphatic rings. The summed E-state index contributed by atoms with van der Waals surface area (Å²) in [6.07, 6.45) is 3.96. The van der Waals surface area contributed by atoms with Crippen LogP contribution in [-0.4, -0.2) is 43.8 Å². The van der Waals surface area contributed by atoms with Crippen LogP contribution in [0.2, 0.25) is 0 Å². The average Bonchev–Trinajstić information content (AvgIpc) is 3.32. The summed E-state index contributed by atoms with van der Waals surface area (Å²) in [6.45, 7) is 1.49. The van der Waals surface area contributed by atoms with Crippen molar-refractivity contribution in [1.29, 1.82) is 0 Å². The largest absolute Gasteiger partial charge is 0.376 e. The van der Waals surface area contributed by atoms with Crippen molar-refractivity contribution in [2.24, 2.45) is 0 Å². The minimum Gasteiger partial charge on any atom is -0.376 e. The van der Waals surface area contributed by atoms with Gasteiger partial charge in [-0.25, -0.2) is 0 Å². The van der Waals surface area contributed by atoms with Gasteiger partial charge in [0.05, 0.1) is 12.3 Å². The average molecular weight is 378 g/mol. The van der Waals surface area contributed by atoms with Crippen LogP contribution in [0.4, 0.5) is 10.9 Å². The van der Waals surface area contributed by atoms with Crippen LogP contribution in [0.3, 0.4) is 0 Å². The zero-order valence-corrected chi connectivity index (χ0v) is 14.6. The van der Waals surface area contributed by atoms with Crippen LogP contribution in [0.25, 0.3) is 5.65 Å². The third-order valence-corrected chi connectivity index (χ3v) is 5.64. The highest BCUT2D eigenvalue weighted by Gasteiger charge is 2.24. The van der Waals surface area contributed by atoms with Gasteiger partial charge in [0, 0.05) is 19.2 Å². The first kappa shape index (κ1) is 16.2. The predicted octanol–water partition coefficient (Wildman–Crippen LogP) is 2.84. The maximum atomic E-state index is 11.4. The van der Waals surface area contributed by atoms with Crippen LogP contribution in [-0.2, 0) is 4.74 Å². The molecule has 3 aromatic rings. The number of rotatable bonds is 6. The van der Waals surface area contributed by atoms with Crippen molar-refractivity contribution in [3.8, 4) is 0 Å². The maximum absolute atomic E-state index is 11.4. The number of hydrogen-bond acceptors (Lipinski definition) is 9. The number of anilines is 1. The molecule has 1 N–H and O–H groups in total. The summed E-state index contributed by atoms with van der Waals surface area (Å²) in [7, 11) is 0. The third kappa shape index (κ3) is 3.43. The van der Waals surface area contributed by atoms with Gasteiger partial charge in [-0.15, -0.1) is 10.2 Å². The molecule has 0 spiro atoms. The molecule has 4 heterocycles. The Morgan fingerprint density at radius 2 is 2.40 bits per heavy atom. The first-order valence-corrected chi connectivity index (χ1v) is 9.32. The van der Waals surface area contributed by atoms with Gasteiger partial charge >= 0.3 is 5.82 Å². The minimum absolute atomic E-state index is 0.0651.